The van der Waals surface area contributed by atoms with Crippen LogP contribution in [0.3, 0.4) is 0 Å². The molecule has 2 fully saturated rings. The molecule has 1 aromatic rings. The first kappa shape index (κ1) is 25.2. The molecule has 1 spiro atoms. The molecule has 36 heavy (non-hydrogen) atoms. The summed E-state index contributed by atoms with van der Waals surface area (Å²) in [5.41, 5.74) is 0.560. The van der Waals surface area contributed by atoms with Crippen molar-refractivity contribution >= 4 is 18.1 Å². The van der Waals surface area contributed by atoms with E-state index in [1.54, 1.807) is 30.3 Å². The van der Waals surface area contributed by atoms with Gasteiger partial charge in [0, 0.05) is 31.9 Å². The van der Waals surface area contributed by atoms with E-state index in [1.807, 2.05) is 6.07 Å². The van der Waals surface area contributed by atoms with Crippen molar-refractivity contribution in [2.75, 3.05) is 13.1 Å². The number of hydroxylamine groups is 1. The van der Waals surface area contributed by atoms with Gasteiger partial charge in [-0.3, -0.25) is 9.63 Å². The van der Waals surface area contributed by atoms with Crippen LogP contribution in [0.1, 0.15) is 31.2 Å². The fourth-order valence-electron chi connectivity index (χ4n) is 4.20. The maximum Gasteiger partial charge on any atom is 0.512 e. The number of carbonyl (C=O) groups excluding carboxylic acids is 2. The lowest BCUT2D eigenvalue weighted by Gasteiger charge is -2.27. The molecule has 13 heteroatoms. The van der Waals surface area contributed by atoms with Crippen LogP contribution in [0.5, 0.6) is 0 Å². The van der Waals surface area contributed by atoms with E-state index in [0.717, 1.165) is 0 Å². The van der Waals surface area contributed by atoms with Gasteiger partial charge in [-0.25, -0.2) is 23.9 Å². The molecule has 2 aliphatic heterocycles. The molecular formula is C23H25F2N5O6. The SMILES string of the molecule is N#CC1(NC(=O)[C@H](CC(F)(F)Cc2ccccc2)NC(=O)N2CCC3(C=C(OC(=O)O)NO3)C2)CC1. The molecule has 192 valence electrons. The smallest absolute Gasteiger partial charge is 0.449 e. The maximum absolute atomic E-state index is 15.0. The van der Waals surface area contributed by atoms with Crippen molar-refractivity contribution in [2.24, 2.45) is 0 Å². The second-order valence-electron chi connectivity index (χ2n) is 9.22. The van der Waals surface area contributed by atoms with Crippen LogP contribution in [-0.2, 0) is 20.8 Å². The highest BCUT2D eigenvalue weighted by atomic mass is 19.3. The molecule has 2 atom stereocenters. The van der Waals surface area contributed by atoms with Crippen LogP contribution in [0.2, 0.25) is 0 Å². The zero-order chi connectivity index (χ0) is 26.0. The summed E-state index contributed by atoms with van der Waals surface area (Å²) in [4.78, 5) is 43.2. The number of rotatable bonds is 8. The first-order chi connectivity index (χ1) is 17.0. The Morgan fingerprint density at radius 3 is 2.64 bits per heavy atom. The lowest BCUT2D eigenvalue weighted by Crippen LogP contribution is -2.55. The normalized spacial score (nSPS) is 22.7. The van der Waals surface area contributed by atoms with Crippen molar-refractivity contribution < 1.29 is 37.8 Å². The Labute approximate surface area is 205 Å². The Bertz CT molecular complexity index is 1100. The van der Waals surface area contributed by atoms with E-state index in [-0.39, 0.29) is 25.4 Å². The molecule has 1 aromatic carbocycles. The number of urea groups is 1. The molecule has 2 heterocycles. The molecule has 1 unspecified atom stereocenters. The number of alkyl halides is 2. The topological polar surface area (TPSA) is 153 Å². The summed E-state index contributed by atoms with van der Waals surface area (Å²) in [5.74, 6) is -4.33. The van der Waals surface area contributed by atoms with E-state index in [1.165, 1.54) is 11.0 Å². The number of nitrogens with one attached hydrogen (secondary N) is 3. The number of nitrogens with zero attached hydrogens (tertiary/aromatic N) is 2. The van der Waals surface area contributed by atoms with E-state index in [9.17, 15) is 28.4 Å². The van der Waals surface area contributed by atoms with Crippen molar-refractivity contribution in [1.82, 2.24) is 21.0 Å². The van der Waals surface area contributed by atoms with Gasteiger partial charge in [0.25, 0.3) is 5.92 Å². The lowest BCUT2D eigenvalue weighted by molar-refractivity contribution is -0.126. The summed E-state index contributed by atoms with van der Waals surface area (Å²) in [6.07, 6.45) is -0.660. The van der Waals surface area contributed by atoms with Gasteiger partial charge in [-0.1, -0.05) is 30.3 Å². The molecule has 0 radical (unpaired) electrons. The summed E-state index contributed by atoms with van der Waals surface area (Å²) < 4.78 is 34.4. The third kappa shape index (κ3) is 6.01. The Kier molecular flexibility index (Phi) is 6.73. The second kappa shape index (κ2) is 9.62. The van der Waals surface area contributed by atoms with Crippen molar-refractivity contribution in [1.29, 1.82) is 5.26 Å². The monoisotopic (exact) mass is 505 g/mol. The predicted molar refractivity (Wildman–Crippen MR) is 118 cm³/mol. The second-order valence-corrected chi connectivity index (χ2v) is 9.22. The third-order valence-corrected chi connectivity index (χ3v) is 6.25. The molecule has 1 aliphatic carbocycles. The van der Waals surface area contributed by atoms with Gasteiger partial charge >= 0.3 is 12.2 Å². The Hall–Kier alpha value is -3.92. The zero-order valence-corrected chi connectivity index (χ0v) is 19.1. The predicted octanol–water partition coefficient (Wildman–Crippen LogP) is 2.02. The van der Waals surface area contributed by atoms with E-state index in [0.29, 0.717) is 18.4 Å². The highest BCUT2D eigenvalue weighted by Crippen LogP contribution is 2.35. The quantitative estimate of drug-likeness (QED) is 0.392. The molecule has 4 rings (SSSR count). The summed E-state index contributed by atoms with van der Waals surface area (Å²) in [7, 11) is 0. The van der Waals surface area contributed by atoms with E-state index >= 15 is 0 Å². The number of hydrogen-bond donors (Lipinski definition) is 4. The van der Waals surface area contributed by atoms with Gasteiger partial charge in [0.15, 0.2) is 0 Å². The van der Waals surface area contributed by atoms with Crippen LogP contribution in [-0.4, -0.2) is 64.3 Å². The number of halogens is 2. The highest BCUT2D eigenvalue weighted by Gasteiger charge is 2.48. The summed E-state index contributed by atoms with van der Waals surface area (Å²) in [6, 6.07) is 7.67. The van der Waals surface area contributed by atoms with Crippen molar-refractivity contribution in [3.8, 4) is 6.07 Å². The number of carboxylic acid groups (broad SMARTS) is 1. The number of likely N-dealkylation sites (tertiary alicyclic amines) is 1. The number of benzene rings is 1. The fourth-order valence-corrected chi connectivity index (χ4v) is 4.20. The number of hydrogen-bond acceptors (Lipinski definition) is 7. The minimum Gasteiger partial charge on any atom is -0.449 e. The van der Waals surface area contributed by atoms with Gasteiger partial charge in [0.2, 0.25) is 11.8 Å². The lowest BCUT2D eigenvalue weighted by atomic mass is 10.00. The van der Waals surface area contributed by atoms with E-state index in [2.05, 4.69) is 20.9 Å². The summed E-state index contributed by atoms with van der Waals surface area (Å²) in [5, 5.41) is 22.9. The average molecular weight is 505 g/mol. The number of carbonyl (C=O) groups is 3. The fraction of sp³-hybridized carbons (Fsp3) is 0.478. The number of amides is 3. The molecule has 3 aliphatic rings. The summed E-state index contributed by atoms with van der Waals surface area (Å²) >= 11 is 0. The van der Waals surface area contributed by atoms with Crippen LogP contribution >= 0.6 is 0 Å². The minimum atomic E-state index is -3.32. The largest absolute Gasteiger partial charge is 0.512 e. The van der Waals surface area contributed by atoms with Gasteiger partial charge in [-0.05, 0) is 18.4 Å². The third-order valence-electron chi connectivity index (χ3n) is 6.25. The van der Waals surface area contributed by atoms with Gasteiger partial charge < -0.3 is 25.4 Å². The highest BCUT2D eigenvalue weighted by molar-refractivity contribution is 5.88. The van der Waals surface area contributed by atoms with E-state index in [4.69, 9.17) is 9.94 Å². The molecule has 1 saturated heterocycles. The summed E-state index contributed by atoms with van der Waals surface area (Å²) in [6.45, 7) is 0.121. The van der Waals surface area contributed by atoms with Crippen molar-refractivity contribution in [2.45, 2.75) is 55.2 Å². The molecule has 0 bridgehead atoms. The molecule has 0 aromatic heterocycles. The molecule has 4 N–H and O–H groups in total. The standard InChI is InChI=1S/C23H25F2N5O6/c24-23(25,10-15-4-2-1-3-5-15)11-16(18(31)28-21(13-26)6-7-21)27-19(32)30-9-8-22(14-30)12-17(29-36-22)35-20(33)34/h1-5,12,16,29H,6-11,14H2,(H,27,32)(H,28,31)(H,33,34)/t16-,22?/m0/s1. The first-order valence-corrected chi connectivity index (χ1v) is 11.3. The van der Waals surface area contributed by atoms with Gasteiger partial charge in [-0.2, -0.15) is 5.26 Å². The van der Waals surface area contributed by atoms with Crippen LogP contribution < -0.4 is 16.1 Å². The maximum atomic E-state index is 15.0. The van der Waals surface area contributed by atoms with Gasteiger partial charge in [0.1, 0.15) is 17.2 Å². The first-order valence-electron chi connectivity index (χ1n) is 11.3. The average Bonchev–Trinajstić information content (AvgIpc) is 3.29. The Morgan fingerprint density at radius 1 is 1.28 bits per heavy atom. The molecule has 1 saturated carbocycles. The van der Waals surface area contributed by atoms with Crippen LogP contribution in [0.15, 0.2) is 42.3 Å². The van der Waals surface area contributed by atoms with Crippen LogP contribution in [0.4, 0.5) is 18.4 Å². The van der Waals surface area contributed by atoms with Crippen molar-refractivity contribution in [3.63, 3.8) is 0 Å². The Balaban J connectivity index is 1.44. The van der Waals surface area contributed by atoms with Gasteiger partial charge in [-0.15, -0.1) is 0 Å². The van der Waals surface area contributed by atoms with Crippen LogP contribution in [0, 0.1) is 11.3 Å². The zero-order valence-electron chi connectivity index (χ0n) is 19.1. The Morgan fingerprint density at radius 2 is 2.00 bits per heavy atom. The van der Waals surface area contributed by atoms with Crippen molar-refractivity contribution in [3.05, 3.63) is 47.9 Å². The molecule has 11 nitrogen and oxygen atoms in total. The molecular weight excluding hydrogens is 480 g/mol. The molecule has 3 amide bonds. The van der Waals surface area contributed by atoms with E-state index < -0.39 is 54.0 Å². The number of ether oxygens (including phenoxy) is 1. The van der Waals surface area contributed by atoms with Gasteiger partial charge in [0.05, 0.1) is 12.6 Å². The van der Waals surface area contributed by atoms with Crippen LogP contribution in [0.25, 0.3) is 0 Å². The number of nitriles is 1. The minimum absolute atomic E-state index is 0.0325.